The molecule has 0 aromatic carbocycles. The molecule has 0 heterocycles. The quantitative estimate of drug-likeness (QED) is 0.632. The number of rotatable bonds is 6. The van der Waals surface area contributed by atoms with E-state index in [-0.39, 0.29) is 12.1 Å². The zero-order valence-corrected chi connectivity index (χ0v) is 8.51. The molecular formula is C11H18N2. The Balaban J connectivity index is 3.90. The summed E-state index contributed by atoms with van der Waals surface area (Å²) in [7, 11) is 0. The van der Waals surface area contributed by atoms with E-state index in [0.717, 1.165) is 19.3 Å². The summed E-state index contributed by atoms with van der Waals surface area (Å²) in [5.74, 6) is 2.71. The van der Waals surface area contributed by atoms with E-state index in [2.05, 4.69) is 31.2 Å². The van der Waals surface area contributed by atoms with Crippen molar-refractivity contribution >= 4 is 0 Å². The summed E-state index contributed by atoms with van der Waals surface area (Å²) in [6.07, 6.45) is 8.92. The number of terminal acetylenes is 1. The molecule has 0 saturated carbocycles. The normalized spacial score (nSPS) is 14.2. The van der Waals surface area contributed by atoms with Crippen molar-refractivity contribution in [2.24, 2.45) is 0 Å². The number of hydrogen-bond donors (Lipinski definition) is 1. The van der Waals surface area contributed by atoms with Gasteiger partial charge < -0.3 is 0 Å². The van der Waals surface area contributed by atoms with E-state index in [1.807, 2.05) is 0 Å². The standard InChI is InChI=1S/C11H18N2/c1-4-7-10(5-2)13-11(6-3)8-9-12/h2,10-11,13H,4,6-8H2,1,3H3. The van der Waals surface area contributed by atoms with Gasteiger partial charge in [0.05, 0.1) is 18.5 Å². The molecule has 0 rings (SSSR count). The molecule has 0 fully saturated rings. The fourth-order valence-electron chi connectivity index (χ4n) is 1.22. The molecule has 2 heteroatoms. The maximum atomic E-state index is 8.54. The molecule has 0 radical (unpaired) electrons. The van der Waals surface area contributed by atoms with Gasteiger partial charge in [-0.25, -0.2) is 0 Å². The second-order valence-corrected chi connectivity index (χ2v) is 3.14. The Labute approximate surface area is 81.3 Å². The molecule has 0 aliphatic heterocycles. The molecule has 0 aromatic rings. The lowest BCUT2D eigenvalue weighted by molar-refractivity contribution is 0.452. The monoisotopic (exact) mass is 178 g/mol. The van der Waals surface area contributed by atoms with Crippen LogP contribution in [0.3, 0.4) is 0 Å². The molecule has 0 amide bonds. The van der Waals surface area contributed by atoms with Gasteiger partial charge in [-0.1, -0.05) is 26.2 Å². The van der Waals surface area contributed by atoms with E-state index in [0.29, 0.717) is 6.42 Å². The van der Waals surface area contributed by atoms with Gasteiger partial charge in [-0.2, -0.15) is 5.26 Å². The van der Waals surface area contributed by atoms with Crippen LogP contribution >= 0.6 is 0 Å². The first-order chi connectivity index (χ1) is 6.28. The lowest BCUT2D eigenvalue weighted by Crippen LogP contribution is -2.36. The SMILES string of the molecule is C#CC(CCC)NC(CC)CC#N. The van der Waals surface area contributed by atoms with E-state index < -0.39 is 0 Å². The van der Waals surface area contributed by atoms with Crippen molar-refractivity contribution in [3.8, 4) is 18.4 Å². The largest absolute Gasteiger partial charge is 0.300 e. The fourth-order valence-corrected chi connectivity index (χ4v) is 1.22. The summed E-state index contributed by atoms with van der Waals surface area (Å²) in [5.41, 5.74) is 0. The molecule has 0 spiro atoms. The lowest BCUT2D eigenvalue weighted by atomic mass is 10.1. The van der Waals surface area contributed by atoms with E-state index in [1.165, 1.54) is 0 Å². The maximum absolute atomic E-state index is 8.54. The Hall–Kier alpha value is -0.990. The van der Waals surface area contributed by atoms with E-state index in [4.69, 9.17) is 11.7 Å². The minimum atomic E-state index is 0.128. The van der Waals surface area contributed by atoms with Gasteiger partial charge in [0.2, 0.25) is 0 Å². The van der Waals surface area contributed by atoms with Crippen molar-refractivity contribution in [3.05, 3.63) is 0 Å². The predicted molar refractivity (Wildman–Crippen MR) is 55.0 cm³/mol. The summed E-state index contributed by atoms with van der Waals surface area (Å²) >= 11 is 0. The van der Waals surface area contributed by atoms with Crippen LogP contribution in [-0.2, 0) is 0 Å². The molecular weight excluding hydrogens is 160 g/mol. The van der Waals surface area contributed by atoms with Crippen molar-refractivity contribution in [3.63, 3.8) is 0 Å². The highest BCUT2D eigenvalue weighted by Gasteiger charge is 2.10. The summed E-state index contributed by atoms with van der Waals surface area (Å²) < 4.78 is 0. The van der Waals surface area contributed by atoms with Gasteiger partial charge >= 0.3 is 0 Å². The predicted octanol–water partition coefficient (Wildman–Crippen LogP) is 2.07. The van der Waals surface area contributed by atoms with Gasteiger partial charge in [-0.15, -0.1) is 6.42 Å². The van der Waals surface area contributed by atoms with Crippen molar-refractivity contribution < 1.29 is 0 Å². The van der Waals surface area contributed by atoms with E-state index in [1.54, 1.807) is 0 Å². The smallest absolute Gasteiger partial charge is 0.0689 e. The summed E-state index contributed by atoms with van der Waals surface area (Å²) in [6.45, 7) is 4.17. The molecule has 0 aliphatic carbocycles. The molecule has 0 aromatic heterocycles. The van der Waals surface area contributed by atoms with Crippen LogP contribution in [0.4, 0.5) is 0 Å². The van der Waals surface area contributed by atoms with Gasteiger partial charge in [-0.05, 0) is 12.8 Å². The molecule has 0 saturated heterocycles. The fraction of sp³-hybridized carbons (Fsp3) is 0.727. The first kappa shape index (κ1) is 12.0. The molecule has 2 atom stereocenters. The number of hydrogen-bond acceptors (Lipinski definition) is 2. The molecule has 1 N–H and O–H groups in total. The molecule has 13 heavy (non-hydrogen) atoms. The first-order valence-corrected chi connectivity index (χ1v) is 4.87. The summed E-state index contributed by atoms with van der Waals surface area (Å²) in [5, 5.41) is 11.8. The van der Waals surface area contributed by atoms with Crippen molar-refractivity contribution in [1.29, 1.82) is 5.26 Å². The minimum Gasteiger partial charge on any atom is -0.300 e. The van der Waals surface area contributed by atoms with E-state index in [9.17, 15) is 0 Å². The topological polar surface area (TPSA) is 35.8 Å². The number of nitrogens with one attached hydrogen (secondary N) is 1. The Morgan fingerprint density at radius 3 is 2.54 bits per heavy atom. The Bertz CT molecular complexity index is 197. The second kappa shape index (κ2) is 7.65. The van der Waals surface area contributed by atoms with Crippen LogP contribution in [0.25, 0.3) is 0 Å². The zero-order valence-electron chi connectivity index (χ0n) is 8.51. The van der Waals surface area contributed by atoms with Crippen LogP contribution in [0.1, 0.15) is 39.5 Å². The summed E-state index contributed by atoms with van der Waals surface area (Å²) in [4.78, 5) is 0. The third-order valence-electron chi connectivity index (χ3n) is 2.05. The van der Waals surface area contributed by atoms with Crippen LogP contribution < -0.4 is 5.32 Å². The second-order valence-electron chi connectivity index (χ2n) is 3.14. The highest BCUT2D eigenvalue weighted by atomic mass is 14.9. The first-order valence-electron chi connectivity index (χ1n) is 4.87. The Morgan fingerprint density at radius 2 is 2.15 bits per heavy atom. The van der Waals surface area contributed by atoms with Crippen LogP contribution in [0.5, 0.6) is 0 Å². The van der Waals surface area contributed by atoms with Crippen molar-refractivity contribution in [2.45, 2.75) is 51.6 Å². The molecule has 2 unspecified atom stereocenters. The Kier molecular flexibility index (Phi) is 7.07. The van der Waals surface area contributed by atoms with Gasteiger partial charge in [0.15, 0.2) is 0 Å². The van der Waals surface area contributed by atoms with Crippen LogP contribution in [0, 0.1) is 23.7 Å². The zero-order chi connectivity index (χ0) is 10.1. The average molecular weight is 178 g/mol. The molecule has 0 aliphatic rings. The third kappa shape index (κ3) is 5.28. The highest BCUT2D eigenvalue weighted by Crippen LogP contribution is 2.02. The minimum absolute atomic E-state index is 0.128. The van der Waals surface area contributed by atoms with Gasteiger partial charge in [-0.3, -0.25) is 5.32 Å². The van der Waals surface area contributed by atoms with Crippen molar-refractivity contribution in [1.82, 2.24) is 5.32 Å². The molecule has 0 bridgehead atoms. The third-order valence-corrected chi connectivity index (χ3v) is 2.05. The van der Waals surface area contributed by atoms with E-state index >= 15 is 0 Å². The average Bonchev–Trinajstić information content (AvgIpc) is 2.16. The maximum Gasteiger partial charge on any atom is 0.0689 e. The van der Waals surface area contributed by atoms with Crippen LogP contribution in [0.15, 0.2) is 0 Å². The van der Waals surface area contributed by atoms with Gasteiger partial charge in [0.25, 0.3) is 0 Å². The van der Waals surface area contributed by atoms with Crippen LogP contribution in [-0.4, -0.2) is 12.1 Å². The lowest BCUT2D eigenvalue weighted by Gasteiger charge is -2.18. The molecule has 72 valence electrons. The van der Waals surface area contributed by atoms with Crippen LogP contribution in [0.2, 0.25) is 0 Å². The highest BCUT2D eigenvalue weighted by molar-refractivity contribution is 5.00. The van der Waals surface area contributed by atoms with Gasteiger partial charge in [0, 0.05) is 6.04 Å². The van der Waals surface area contributed by atoms with Crippen molar-refractivity contribution in [2.75, 3.05) is 0 Å². The van der Waals surface area contributed by atoms with Gasteiger partial charge in [0.1, 0.15) is 0 Å². The number of nitriles is 1. The molecule has 2 nitrogen and oxygen atoms in total. The Morgan fingerprint density at radius 1 is 1.46 bits per heavy atom. The number of nitrogens with zero attached hydrogens (tertiary/aromatic N) is 1. The summed E-state index contributed by atoms with van der Waals surface area (Å²) in [6, 6.07) is 2.54.